The van der Waals surface area contributed by atoms with Gasteiger partial charge in [0.1, 0.15) is 0 Å². The molecule has 0 aliphatic carbocycles. The van der Waals surface area contributed by atoms with Crippen molar-refractivity contribution >= 4 is 0 Å². The lowest BCUT2D eigenvalue weighted by molar-refractivity contribution is 0.545. The molecule has 1 rings (SSSR count). The molecule has 1 heterocycles. The van der Waals surface area contributed by atoms with E-state index in [4.69, 9.17) is 4.42 Å². The first kappa shape index (κ1) is 8.38. The molecule has 0 radical (unpaired) electrons. The minimum atomic E-state index is 0.707. The predicted molar refractivity (Wildman–Crippen MR) is 46.6 cm³/mol. The Balaban J connectivity index is 2.56. The number of hydrogen-bond acceptors (Lipinski definition) is 1. The van der Waals surface area contributed by atoms with Crippen molar-refractivity contribution in [3.05, 3.63) is 24.2 Å². The highest BCUT2D eigenvalue weighted by molar-refractivity contribution is 5.11. The maximum atomic E-state index is 5.04. The molecule has 0 aliphatic heterocycles. The van der Waals surface area contributed by atoms with Crippen LogP contribution in [-0.2, 0) is 0 Å². The van der Waals surface area contributed by atoms with E-state index in [9.17, 15) is 0 Å². The number of hydrogen-bond donors (Lipinski definition) is 0. The topological polar surface area (TPSA) is 13.1 Å². The molecule has 0 aliphatic rings. The highest BCUT2D eigenvalue weighted by Gasteiger charge is 2.08. The van der Waals surface area contributed by atoms with Crippen molar-refractivity contribution in [2.24, 2.45) is 0 Å². The summed E-state index contributed by atoms with van der Waals surface area (Å²) in [6.45, 7) is 4.45. The summed E-state index contributed by atoms with van der Waals surface area (Å²) in [6, 6.07) is 2.07. The van der Waals surface area contributed by atoms with Gasteiger partial charge >= 0.3 is 0 Å². The minimum Gasteiger partial charge on any atom is -0.472 e. The molecule has 0 aromatic carbocycles. The summed E-state index contributed by atoms with van der Waals surface area (Å²) in [4.78, 5) is 0. The van der Waals surface area contributed by atoms with Crippen molar-refractivity contribution < 1.29 is 4.42 Å². The zero-order valence-electron chi connectivity index (χ0n) is 7.34. The molecule has 0 spiro atoms. The second-order valence-electron chi connectivity index (χ2n) is 2.95. The molecule has 0 amide bonds. The largest absolute Gasteiger partial charge is 0.472 e. The summed E-state index contributed by atoms with van der Waals surface area (Å²) < 4.78 is 5.04. The van der Waals surface area contributed by atoms with E-state index in [0.29, 0.717) is 5.92 Å². The second kappa shape index (κ2) is 4.22. The zero-order chi connectivity index (χ0) is 8.10. The molecule has 1 atom stereocenters. The van der Waals surface area contributed by atoms with E-state index in [2.05, 4.69) is 19.9 Å². The second-order valence-corrected chi connectivity index (χ2v) is 2.95. The van der Waals surface area contributed by atoms with Crippen LogP contribution < -0.4 is 0 Å². The van der Waals surface area contributed by atoms with Crippen molar-refractivity contribution in [1.82, 2.24) is 0 Å². The third-order valence-electron chi connectivity index (χ3n) is 2.14. The highest BCUT2D eigenvalue weighted by atomic mass is 16.3. The van der Waals surface area contributed by atoms with Crippen molar-refractivity contribution in [3.8, 4) is 0 Å². The molecule has 0 bridgehead atoms. The molecular weight excluding hydrogens is 136 g/mol. The van der Waals surface area contributed by atoms with Gasteiger partial charge in [-0.25, -0.2) is 0 Å². The maximum absolute atomic E-state index is 5.04. The molecule has 1 aromatic heterocycles. The van der Waals surface area contributed by atoms with Crippen molar-refractivity contribution in [3.63, 3.8) is 0 Å². The number of rotatable bonds is 4. The van der Waals surface area contributed by atoms with Crippen molar-refractivity contribution in [1.29, 1.82) is 0 Å². The van der Waals surface area contributed by atoms with Crippen LogP contribution >= 0.6 is 0 Å². The van der Waals surface area contributed by atoms with Gasteiger partial charge in [-0.1, -0.05) is 20.3 Å². The van der Waals surface area contributed by atoms with Crippen LogP contribution in [0.1, 0.15) is 44.6 Å². The van der Waals surface area contributed by atoms with Gasteiger partial charge in [-0.2, -0.15) is 0 Å². The molecule has 1 heteroatoms. The molecule has 11 heavy (non-hydrogen) atoms. The van der Waals surface area contributed by atoms with Crippen LogP contribution in [0.3, 0.4) is 0 Å². The molecule has 0 N–H and O–H groups in total. The number of furan rings is 1. The van der Waals surface area contributed by atoms with Crippen LogP contribution in [0.25, 0.3) is 0 Å². The zero-order valence-corrected chi connectivity index (χ0v) is 7.34. The summed E-state index contributed by atoms with van der Waals surface area (Å²) >= 11 is 0. The van der Waals surface area contributed by atoms with Gasteiger partial charge in [0.05, 0.1) is 12.5 Å². The Kier molecular flexibility index (Phi) is 3.21. The Morgan fingerprint density at radius 1 is 1.45 bits per heavy atom. The van der Waals surface area contributed by atoms with Crippen LogP contribution in [0.4, 0.5) is 0 Å². The third kappa shape index (κ3) is 2.11. The lowest BCUT2D eigenvalue weighted by Gasteiger charge is -2.09. The quantitative estimate of drug-likeness (QED) is 0.642. The molecule has 0 fully saturated rings. The van der Waals surface area contributed by atoms with Crippen LogP contribution in [0.5, 0.6) is 0 Å². The average Bonchev–Trinajstić information content (AvgIpc) is 2.52. The molecule has 1 aromatic rings. The predicted octanol–water partition coefficient (Wildman–Crippen LogP) is 3.57. The van der Waals surface area contributed by atoms with E-state index in [-0.39, 0.29) is 0 Å². The summed E-state index contributed by atoms with van der Waals surface area (Å²) in [6.07, 6.45) is 7.37. The Bertz CT molecular complexity index is 177. The Hall–Kier alpha value is -0.720. The van der Waals surface area contributed by atoms with Gasteiger partial charge in [0.2, 0.25) is 0 Å². The van der Waals surface area contributed by atoms with E-state index in [1.807, 2.05) is 6.26 Å². The van der Waals surface area contributed by atoms with E-state index < -0.39 is 0 Å². The van der Waals surface area contributed by atoms with Crippen LogP contribution in [-0.4, -0.2) is 0 Å². The summed E-state index contributed by atoms with van der Waals surface area (Å²) in [5.41, 5.74) is 1.36. The van der Waals surface area contributed by atoms with E-state index >= 15 is 0 Å². The van der Waals surface area contributed by atoms with Crippen molar-refractivity contribution in [2.75, 3.05) is 0 Å². The van der Waals surface area contributed by atoms with E-state index in [1.54, 1.807) is 6.26 Å². The van der Waals surface area contributed by atoms with Crippen LogP contribution in [0.2, 0.25) is 0 Å². The van der Waals surface area contributed by atoms with Gasteiger partial charge in [0, 0.05) is 0 Å². The van der Waals surface area contributed by atoms with E-state index in [1.165, 1.54) is 24.8 Å². The minimum absolute atomic E-state index is 0.707. The SMILES string of the molecule is CCCC(CC)c1ccoc1. The Morgan fingerprint density at radius 2 is 2.27 bits per heavy atom. The molecule has 0 saturated heterocycles. The van der Waals surface area contributed by atoms with Crippen molar-refractivity contribution in [2.45, 2.75) is 39.0 Å². The maximum Gasteiger partial charge on any atom is 0.0937 e. The standard InChI is InChI=1S/C10H16O/c1-3-5-9(4-2)10-6-7-11-8-10/h6-9H,3-5H2,1-2H3. The molecule has 62 valence electrons. The van der Waals surface area contributed by atoms with Crippen LogP contribution in [0.15, 0.2) is 23.0 Å². The summed E-state index contributed by atoms with van der Waals surface area (Å²) in [7, 11) is 0. The Labute approximate surface area is 68.4 Å². The molecule has 1 unspecified atom stereocenters. The molecular formula is C10H16O. The highest BCUT2D eigenvalue weighted by Crippen LogP contribution is 2.24. The third-order valence-corrected chi connectivity index (χ3v) is 2.14. The molecule has 1 nitrogen and oxygen atoms in total. The average molecular weight is 152 g/mol. The van der Waals surface area contributed by atoms with Gasteiger partial charge in [-0.15, -0.1) is 0 Å². The first-order chi connectivity index (χ1) is 5.38. The van der Waals surface area contributed by atoms with Gasteiger partial charge in [0.15, 0.2) is 0 Å². The first-order valence-electron chi connectivity index (χ1n) is 4.40. The van der Waals surface area contributed by atoms with Gasteiger partial charge < -0.3 is 4.42 Å². The lowest BCUT2D eigenvalue weighted by atomic mass is 9.95. The van der Waals surface area contributed by atoms with Gasteiger partial charge in [-0.05, 0) is 30.4 Å². The monoisotopic (exact) mass is 152 g/mol. The summed E-state index contributed by atoms with van der Waals surface area (Å²) in [5, 5.41) is 0. The molecule has 0 saturated carbocycles. The normalized spacial score (nSPS) is 13.3. The fraction of sp³-hybridized carbons (Fsp3) is 0.600. The first-order valence-corrected chi connectivity index (χ1v) is 4.40. The fourth-order valence-corrected chi connectivity index (χ4v) is 1.46. The van der Waals surface area contributed by atoms with E-state index in [0.717, 1.165) is 0 Å². The van der Waals surface area contributed by atoms with Crippen LogP contribution in [0, 0.1) is 0 Å². The summed E-state index contributed by atoms with van der Waals surface area (Å²) in [5.74, 6) is 0.707. The lowest BCUT2D eigenvalue weighted by Crippen LogP contribution is -1.93. The Morgan fingerprint density at radius 3 is 2.73 bits per heavy atom. The smallest absolute Gasteiger partial charge is 0.0937 e. The van der Waals surface area contributed by atoms with Gasteiger partial charge in [0.25, 0.3) is 0 Å². The van der Waals surface area contributed by atoms with Gasteiger partial charge in [-0.3, -0.25) is 0 Å². The fourth-order valence-electron chi connectivity index (χ4n) is 1.46.